The highest BCUT2D eigenvalue weighted by Crippen LogP contribution is 2.11. The number of nitrogens with two attached hydrogens (primary N) is 2. The Labute approximate surface area is 77.6 Å². The van der Waals surface area contributed by atoms with Gasteiger partial charge < -0.3 is 11.5 Å². The Balaban J connectivity index is 4.73. The van der Waals surface area contributed by atoms with E-state index in [1.54, 1.807) is 0 Å². The van der Waals surface area contributed by atoms with Gasteiger partial charge in [-0.15, -0.1) is 5.10 Å². The van der Waals surface area contributed by atoms with Crippen molar-refractivity contribution < 1.29 is 8.42 Å². The summed E-state index contributed by atoms with van der Waals surface area (Å²) in [6.45, 7) is 3.02. The molecule has 0 aromatic rings. The van der Waals surface area contributed by atoms with Crippen molar-refractivity contribution in [3.63, 3.8) is 0 Å². The fourth-order valence-corrected chi connectivity index (χ4v) is 0.569. The van der Waals surface area contributed by atoms with E-state index >= 15 is 0 Å². The number of hydrogen-bond acceptors (Lipinski definition) is 4. The van der Waals surface area contributed by atoms with E-state index in [0.717, 1.165) is 6.26 Å². The van der Waals surface area contributed by atoms with Crippen LogP contribution in [0.3, 0.4) is 0 Å². The van der Waals surface area contributed by atoms with Crippen molar-refractivity contribution in [2.24, 2.45) is 21.7 Å². The van der Waals surface area contributed by atoms with Crippen LogP contribution in [0, 0.1) is 0 Å². The van der Waals surface area contributed by atoms with Crippen LogP contribution in [-0.4, -0.2) is 31.6 Å². The van der Waals surface area contributed by atoms with Crippen molar-refractivity contribution in [2.45, 2.75) is 18.6 Å². The van der Waals surface area contributed by atoms with E-state index in [1.807, 2.05) is 0 Å². The molecule has 0 aromatic heterocycles. The van der Waals surface area contributed by atoms with Crippen molar-refractivity contribution >= 4 is 22.0 Å². The summed E-state index contributed by atoms with van der Waals surface area (Å²) in [6, 6.07) is 0. The molecule has 0 atom stereocenters. The summed E-state index contributed by atoms with van der Waals surface area (Å²) in [5, 5.41) is 6.74. The molecule has 0 heterocycles. The van der Waals surface area contributed by atoms with Gasteiger partial charge in [0.2, 0.25) is 5.96 Å². The lowest BCUT2D eigenvalue weighted by molar-refractivity contribution is 0.584. The summed E-state index contributed by atoms with van der Waals surface area (Å²) in [4.78, 5) is 0. The van der Waals surface area contributed by atoms with Gasteiger partial charge in [0.15, 0.2) is 9.84 Å². The summed E-state index contributed by atoms with van der Waals surface area (Å²) in [5.41, 5.74) is 9.99. The highest BCUT2D eigenvalue weighted by molar-refractivity contribution is 7.92. The zero-order valence-corrected chi connectivity index (χ0v) is 8.67. The van der Waals surface area contributed by atoms with Crippen LogP contribution in [-0.2, 0) is 9.84 Å². The maximum absolute atomic E-state index is 11.1. The Kier molecular flexibility index (Phi) is 3.42. The molecule has 0 radical (unpaired) electrons. The van der Waals surface area contributed by atoms with Crippen LogP contribution < -0.4 is 11.5 Å². The number of nitrogens with zero attached hydrogens (tertiary/aromatic N) is 2. The minimum atomic E-state index is -3.20. The average molecular weight is 206 g/mol. The minimum absolute atomic E-state index is 0.208. The third-order valence-electron chi connectivity index (χ3n) is 1.50. The predicted molar refractivity (Wildman–Crippen MR) is 53.2 cm³/mol. The Morgan fingerprint density at radius 1 is 1.38 bits per heavy atom. The maximum atomic E-state index is 11.1. The van der Waals surface area contributed by atoms with Gasteiger partial charge in [-0.1, -0.05) is 0 Å². The second-order valence-corrected chi connectivity index (χ2v) is 5.74. The van der Waals surface area contributed by atoms with E-state index in [9.17, 15) is 8.42 Å². The van der Waals surface area contributed by atoms with Gasteiger partial charge in [0.05, 0.1) is 0 Å². The first kappa shape index (κ1) is 11.9. The smallest absolute Gasteiger partial charge is 0.211 e. The normalized spacial score (nSPS) is 13.2. The summed E-state index contributed by atoms with van der Waals surface area (Å²) >= 11 is 0. The van der Waals surface area contributed by atoms with E-state index in [2.05, 4.69) is 10.2 Å². The molecule has 4 N–H and O–H groups in total. The first-order valence-electron chi connectivity index (χ1n) is 3.49. The van der Waals surface area contributed by atoms with Crippen molar-refractivity contribution in [1.29, 1.82) is 0 Å². The van der Waals surface area contributed by atoms with Gasteiger partial charge in [-0.25, -0.2) is 8.42 Å². The molecule has 0 spiro atoms. The molecule has 0 aliphatic carbocycles. The Bertz CT molecular complexity index is 325. The molecule has 0 aliphatic rings. The largest absolute Gasteiger partial charge is 0.369 e. The molecule has 7 heteroatoms. The van der Waals surface area contributed by atoms with Crippen molar-refractivity contribution in [3.8, 4) is 0 Å². The van der Waals surface area contributed by atoms with Crippen molar-refractivity contribution in [3.05, 3.63) is 0 Å². The summed E-state index contributed by atoms with van der Waals surface area (Å²) < 4.78 is 21.2. The van der Waals surface area contributed by atoms with Gasteiger partial charge in [0, 0.05) is 12.5 Å². The standard InChI is InChI=1S/C6H14N4O2S/c1-6(2,13(3,11)12)4-9-10-5(7)8/h4H,1-3H3,(H4,7,8,10)/b9-4+. The summed E-state index contributed by atoms with van der Waals surface area (Å²) in [7, 11) is -3.20. The molecule has 0 aromatic carbocycles. The van der Waals surface area contributed by atoms with Crippen LogP contribution in [0.5, 0.6) is 0 Å². The quantitative estimate of drug-likeness (QED) is 0.353. The van der Waals surface area contributed by atoms with E-state index < -0.39 is 14.6 Å². The van der Waals surface area contributed by atoms with E-state index in [1.165, 1.54) is 20.1 Å². The molecule has 0 unspecified atom stereocenters. The maximum Gasteiger partial charge on any atom is 0.211 e. The van der Waals surface area contributed by atoms with Crippen molar-refractivity contribution in [1.82, 2.24) is 0 Å². The second kappa shape index (κ2) is 3.73. The minimum Gasteiger partial charge on any atom is -0.369 e. The number of guanidine groups is 1. The van der Waals surface area contributed by atoms with E-state index in [-0.39, 0.29) is 5.96 Å². The van der Waals surface area contributed by atoms with Crippen LogP contribution in [0.25, 0.3) is 0 Å². The molecule has 0 rings (SSSR count). The SMILES string of the molecule is CC(C)(/C=N/N=C(N)N)S(C)(=O)=O. The molecule has 76 valence electrons. The van der Waals surface area contributed by atoms with Gasteiger partial charge in [-0.05, 0) is 13.8 Å². The monoisotopic (exact) mass is 206 g/mol. The fourth-order valence-electron chi connectivity index (χ4n) is 0.330. The van der Waals surface area contributed by atoms with Gasteiger partial charge in [-0.2, -0.15) is 5.10 Å². The zero-order valence-electron chi connectivity index (χ0n) is 7.85. The van der Waals surface area contributed by atoms with Gasteiger partial charge in [-0.3, -0.25) is 0 Å². The molecule has 6 nitrogen and oxygen atoms in total. The summed E-state index contributed by atoms with van der Waals surface area (Å²) in [6.07, 6.45) is 2.30. The predicted octanol–water partition coefficient (Wildman–Crippen LogP) is -0.931. The van der Waals surface area contributed by atoms with Crippen LogP contribution in [0.15, 0.2) is 10.2 Å². The molecule has 0 saturated heterocycles. The number of rotatable bonds is 3. The molecule has 0 aliphatic heterocycles. The van der Waals surface area contributed by atoms with E-state index in [0.29, 0.717) is 0 Å². The second-order valence-electron chi connectivity index (χ2n) is 3.15. The van der Waals surface area contributed by atoms with Crippen LogP contribution in [0.4, 0.5) is 0 Å². The van der Waals surface area contributed by atoms with Gasteiger partial charge in [0.25, 0.3) is 0 Å². The van der Waals surface area contributed by atoms with Crippen LogP contribution in [0.1, 0.15) is 13.8 Å². The fraction of sp³-hybridized carbons (Fsp3) is 0.667. The molecule has 0 fully saturated rings. The van der Waals surface area contributed by atoms with E-state index in [4.69, 9.17) is 11.5 Å². The topological polar surface area (TPSA) is 111 Å². The number of hydrogen-bond donors (Lipinski definition) is 2. The lowest BCUT2D eigenvalue weighted by Gasteiger charge is -2.15. The Hall–Kier alpha value is -1.11. The van der Waals surface area contributed by atoms with Crippen LogP contribution in [0.2, 0.25) is 0 Å². The zero-order chi connectivity index (χ0) is 10.7. The average Bonchev–Trinajstić information content (AvgIpc) is 1.82. The molecule has 13 heavy (non-hydrogen) atoms. The third-order valence-corrected chi connectivity index (χ3v) is 3.51. The van der Waals surface area contributed by atoms with Crippen LogP contribution >= 0.6 is 0 Å². The first-order chi connectivity index (χ1) is 5.67. The molecular formula is C6H14N4O2S. The highest BCUT2D eigenvalue weighted by atomic mass is 32.2. The molecular weight excluding hydrogens is 192 g/mol. The lowest BCUT2D eigenvalue weighted by Crippen LogP contribution is -2.32. The van der Waals surface area contributed by atoms with Crippen molar-refractivity contribution in [2.75, 3.05) is 6.26 Å². The molecule has 0 amide bonds. The Morgan fingerprint density at radius 3 is 2.15 bits per heavy atom. The van der Waals surface area contributed by atoms with Gasteiger partial charge in [0.1, 0.15) is 4.75 Å². The Morgan fingerprint density at radius 2 is 1.85 bits per heavy atom. The molecule has 0 saturated carbocycles. The lowest BCUT2D eigenvalue weighted by atomic mass is 10.2. The number of sulfone groups is 1. The van der Waals surface area contributed by atoms with Gasteiger partial charge >= 0.3 is 0 Å². The first-order valence-corrected chi connectivity index (χ1v) is 5.38. The molecule has 0 bridgehead atoms. The summed E-state index contributed by atoms with van der Waals surface area (Å²) in [5.74, 6) is -0.208. The third kappa shape index (κ3) is 3.88. The highest BCUT2D eigenvalue weighted by Gasteiger charge is 2.27.